The fraction of sp³-hybridized carbons (Fsp3) is 0.625. The lowest BCUT2D eigenvalue weighted by molar-refractivity contribution is 0.581. The summed E-state index contributed by atoms with van der Waals surface area (Å²) >= 11 is 0. The first kappa shape index (κ1) is 9.65. The minimum Gasteiger partial charge on any atom is -0.301 e. The molecule has 3 nitrogen and oxygen atoms in total. The summed E-state index contributed by atoms with van der Waals surface area (Å²) in [5, 5.41) is 16.7. The van der Waals surface area contributed by atoms with Crippen molar-refractivity contribution in [2.75, 3.05) is 7.05 Å². The molecule has 0 amide bonds. The number of hydrogen-bond acceptors (Lipinski definition) is 3. The van der Waals surface area contributed by atoms with Crippen LogP contribution in [-0.2, 0) is 0 Å². The third kappa shape index (κ3) is 5.11. The van der Waals surface area contributed by atoms with E-state index in [-0.39, 0.29) is 5.92 Å². The standard InChI is InChI=1S/C8H11N3/c1-11-7-4-8(2-5-9)3-6-10/h7-8H,2-4H2,1H3. The number of hydrogen-bond donors (Lipinski definition) is 0. The maximum Gasteiger partial charge on any atom is 0.0625 e. The molecule has 0 heterocycles. The monoisotopic (exact) mass is 149 g/mol. The molecule has 0 saturated carbocycles. The highest BCUT2D eigenvalue weighted by molar-refractivity contribution is 5.57. The van der Waals surface area contributed by atoms with Gasteiger partial charge in [-0.3, -0.25) is 0 Å². The predicted molar refractivity (Wildman–Crippen MR) is 43.0 cm³/mol. The van der Waals surface area contributed by atoms with Crippen molar-refractivity contribution in [1.82, 2.24) is 0 Å². The molecule has 0 radical (unpaired) electrons. The van der Waals surface area contributed by atoms with E-state index in [1.54, 1.807) is 13.3 Å². The van der Waals surface area contributed by atoms with Gasteiger partial charge in [0.25, 0.3) is 0 Å². The van der Waals surface area contributed by atoms with Gasteiger partial charge in [-0.1, -0.05) is 0 Å². The van der Waals surface area contributed by atoms with Crippen molar-refractivity contribution in [3.05, 3.63) is 0 Å². The van der Waals surface area contributed by atoms with Crippen molar-refractivity contribution in [2.45, 2.75) is 19.3 Å². The maximum absolute atomic E-state index is 8.36. The van der Waals surface area contributed by atoms with Crippen LogP contribution in [0.3, 0.4) is 0 Å². The lowest BCUT2D eigenvalue weighted by Crippen LogP contribution is -1.98. The van der Waals surface area contributed by atoms with Gasteiger partial charge in [-0.05, 0) is 18.6 Å². The van der Waals surface area contributed by atoms with Gasteiger partial charge in [0.05, 0.1) is 12.1 Å². The van der Waals surface area contributed by atoms with Crippen LogP contribution in [-0.4, -0.2) is 13.3 Å². The summed E-state index contributed by atoms with van der Waals surface area (Å²) < 4.78 is 0. The second kappa shape index (κ2) is 6.77. The van der Waals surface area contributed by atoms with Crippen LogP contribution >= 0.6 is 0 Å². The minimum absolute atomic E-state index is 0.161. The van der Waals surface area contributed by atoms with E-state index in [9.17, 15) is 0 Å². The third-order valence-corrected chi connectivity index (χ3v) is 1.38. The first-order chi connectivity index (χ1) is 5.35. The molecule has 0 fully saturated rings. The summed E-state index contributed by atoms with van der Waals surface area (Å²) in [6.45, 7) is 0. The zero-order valence-corrected chi connectivity index (χ0v) is 6.62. The molecule has 3 heteroatoms. The quantitative estimate of drug-likeness (QED) is 0.569. The Kier molecular flexibility index (Phi) is 5.94. The van der Waals surface area contributed by atoms with Crippen LogP contribution in [0.1, 0.15) is 19.3 Å². The summed E-state index contributed by atoms with van der Waals surface area (Å²) in [6.07, 6.45) is 3.37. The molecule has 0 unspecified atom stereocenters. The van der Waals surface area contributed by atoms with E-state index in [1.165, 1.54) is 0 Å². The lowest BCUT2D eigenvalue weighted by atomic mass is 10.00. The van der Waals surface area contributed by atoms with Gasteiger partial charge >= 0.3 is 0 Å². The van der Waals surface area contributed by atoms with Gasteiger partial charge < -0.3 is 4.99 Å². The van der Waals surface area contributed by atoms with Gasteiger partial charge in [-0.15, -0.1) is 0 Å². The minimum atomic E-state index is 0.161. The van der Waals surface area contributed by atoms with E-state index in [4.69, 9.17) is 10.5 Å². The van der Waals surface area contributed by atoms with Gasteiger partial charge in [0.1, 0.15) is 0 Å². The van der Waals surface area contributed by atoms with Gasteiger partial charge in [0.15, 0.2) is 0 Å². The summed E-state index contributed by atoms with van der Waals surface area (Å²) in [7, 11) is 1.69. The Hall–Kier alpha value is -1.35. The van der Waals surface area contributed by atoms with Crippen molar-refractivity contribution in [3.63, 3.8) is 0 Å². The molecule has 0 bridgehead atoms. The van der Waals surface area contributed by atoms with Crippen LogP contribution in [0.25, 0.3) is 0 Å². The van der Waals surface area contributed by atoms with E-state index < -0.39 is 0 Å². The SMILES string of the molecule is CN=CCC(CC#N)CC#N. The van der Waals surface area contributed by atoms with Crippen LogP contribution in [0.15, 0.2) is 4.99 Å². The molecule has 0 aromatic rings. The van der Waals surface area contributed by atoms with Crippen LogP contribution < -0.4 is 0 Å². The summed E-state index contributed by atoms with van der Waals surface area (Å²) in [5.74, 6) is 0.161. The van der Waals surface area contributed by atoms with Crippen molar-refractivity contribution >= 4 is 6.21 Å². The van der Waals surface area contributed by atoms with E-state index in [0.717, 1.165) is 6.42 Å². The predicted octanol–water partition coefficient (Wildman–Crippen LogP) is 1.52. The molecule has 0 aromatic heterocycles. The van der Waals surface area contributed by atoms with Crippen molar-refractivity contribution in [3.8, 4) is 12.1 Å². The Morgan fingerprint density at radius 2 is 1.91 bits per heavy atom. The second-order valence-electron chi connectivity index (χ2n) is 2.27. The molecule has 0 atom stereocenters. The molecule has 0 saturated heterocycles. The normalized spacial score (nSPS) is 9.82. The van der Waals surface area contributed by atoms with E-state index in [1.807, 2.05) is 12.1 Å². The van der Waals surface area contributed by atoms with Gasteiger partial charge in [-0.2, -0.15) is 10.5 Å². The topological polar surface area (TPSA) is 59.9 Å². The van der Waals surface area contributed by atoms with E-state index in [2.05, 4.69) is 4.99 Å². The van der Waals surface area contributed by atoms with E-state index in [0.29, 0.717) is 12.8 Å². The van der Waals surface area contributed by atoms with Crippen molar-refractivity contribution in [2.24, 2.45) is 10.9 Å². The van der Waals surface area contributed by atoms with Crippen molar-refractivity contribution in [1.29, 1.82) is 10.5 Å². The van der Waals surface area contributed by atoms with Crippen LogP contribution in [0.2, 0.25) is 0 Å². The Balaban J connectivity index is 3.72. The summed E-state index contributed by atoms with van der Waals surface area (Å²) in [6, 6.07) is 4.10. The number of rotatable bonds is 4. The Morgan fingerprint density at radius 1 is 1.36 bits per heavy atom. The highest BCUT2D eigenvalue weighted by Gasteiger charge is 2.04. The van der Waals surface area contributed by atoms with Crippen LogP contribution in [0, 0.1) is 28.6 Å². The first-order valence-corrected chi connectivity index (χ1v) is 3.49. The van der Waals surface area contributed by atoms with Crippen LogP contribution in [0.4, 0.5) is 0 Å². The summed E-state index contributed by atoms with van der Waals surface area (Å²) in [5.41, 5.74) is 0. The van der Waals surface area contributed by atoms with Crippen molar-refractivity contribution < 1.29 is 0 Å². The molecule has 11 heavy (non-hydrogen) atoms. The molecule has 0 rings (SSSR count). The Labute approximate surface area is 67.0 Å². The van der Waals surface area contributed by atoms with Gasteiger partial charge in [0, 0.05) is 19.9 Å². The zero-order chi connectivity index (χ0) is 8.53. The summed E-state index contributed by atoms with van der Waals surface area (Å²) in [4.78, 5) is 3.80. The molecule has 58 valence electrons. The molecule has 0 spiro atoms. The number of nitriles is 2. The third-order valence-electron chi connectivity index (χ3n) is 1.38. The highest BCUT2D eigenvalue weighted by Crippen LogP contribution is 2.09. The maximum atomic E-state index is 8.36. The fourth-order valence-corrected chi connectivity index (χ4v) is 0.752. The molecule has 0 aliphatic rings. The fourth-order valence-electron chi connectivity index (χ4n) is 0.752. The Bertz CT molecular complexity index is 178. The second-order valence-corrected chi connectivity index (χ2v) is 2.27. The molecular formula is C8H11N3. The number of aliphatic imine (C=N–C) groups is 1. The molecule has 0 aromatic carbocycles. The lowest BCUT2D eigenvalue weighted by Gasteiger charge is -2.02. The average molecular weight is 149 g/mol. The molecular weight excluding hydrogens is 138 g/mol. The smallest absolute Gasteiger partial charge is 0.0625 e. The van der Waals surface area contributed by atoms with E-state index >= 15 is 0 Å². The van der Waals surface area contributed by atoms with Gasteiger partial charge in [-0.25, -0.2) is 0 Å². The first-order valence-electron chi connectivity index (χ1n) is 3.49. The largest absolute Gasteiger partial charge is 0.301 e. The highest BCUT2D eigenvalue weighted by atomic mass is 14.6. The van der Waals surface area contributed by atoms with Gasteiger partial charge in [0.2, 0.25) is 0 Å². The van der Waals surface area contributed by atoms with Crippen LogP contribution in [0.5, 0.6) is 0 Å². The average Bonchev–Trinajstić information content (AvgIpc) is 2.01. The molecule has 0 aliphatic heterocycles. The number of nitrogens with zero attached hydrogens (tertiary/aromatic N) is 3. The molecule has 0 aliphatic carbocycles. The zero-order valence-electron chi connectivity index (χ0n) is 6.62. The Morgan fingerprint density at radius 3 is 2.27 bits per heavy atom. The molecule has 0 N–H and O–H groups in total.